The Kier molecular flexibility index (Phi) is 13.8. The molecule has 1 aromatic carbocycles. The number of benzene rings is 1. The second-order valence-electron chi connectivity index (χ2n) is 10.5. The van der Waals surface area contributed by atoms with Crippen LogP contribution >= 0.6 is 24.0 Å². The summed E-state index contributed by atoms with van der Waals surface area (Å²) in [6.45, 7) is 3.05. The van der Waals surface area contributed by atoms with Gasteiger partial charge in [-0.15, -0.1) is 0 Å². The van der Waals surface area contributed by atoms with Crippen LogP contribution in [0.15, 0.2) is 24.3 Å². The van der Waals surface area contributed by atoms with E-state index < -0.39 is 0 Å². The van der Waals surface area contributed by atoms with Crippen molar-refractivity contribution in [3.8, 4) is 0 Å². The van der Waals surface area contributed by atoms with Gasteiger partial charge >= 0.3 is 6.03 Å². The maximum absolute atomic E-state index is 12.4. The van der Waals surface area contributed by atoms with Gasteiger partial charge in [-0.2, -0.15) is 11.8 Å². The first kappa shape index (κ1) is 33.9. The summed E-state index contributed by atoms with van der Waals surface area (Å²) in [4.78, 5) is 61.4. The Morgan fingerprint density at radius 1 is 0.977 bits per heavy atom. The minimum atomic E-state index is -0.283. The zero-order valence-electron chi connectivity index (χ0n) is 24.6. The van der Waals surface area contributed by atoms with Crippen LogP contribution in [0.4, 0.5) is 10.5 Å². The fourth-order valence-corrected chi connectivity index (χ4v) is 6.37. The highest BCUT2D eigenvalue weighted by Gasteiger charge is 2.42. The van der Waals surface area contributed by atoms with E-state index in [0.29, 0.717) is 42.6 Å². The molecular weight excluding hydrogens is 592 g/mol. The van der Waals surface area contributed by atoms with Crippen LogP contribution < -0.4 is 37.2 Å². The molecule has 0 spiro atoms. The molecule has 7 N–H and O–H groups in total. The lowest BCUT2D eigenvalue weighted by molar-refractivity contribution is -0.133. The van der Waals surface area contributed by atoms with Gasteiger partial charge in [-0.1, -0.05) is 13.3 Å². The van der Waals surface area contributed by atoms with Crippen LogP contribution in [0.2, 0.25) is 0 Å². The molecule has 2 heterocycles. The van der Waals surface area contributed by atoms with Crippen molar-refractivity contribution in [2.24, 2.45) is 0 Å². The second kappa shape index (κ2) is 17.5. The zero-order valence-corrected chi connectivity index (χ0v) is 26.3. The predicted molar refractivity (Wildman–Crippen MR) is 171 cm³/mol. The van der Waals surface area contributed by atoms with Crippen molar-refractivity contribution < 1.29 is 24.0 Å². The van der Waals surface area contributed by atoms with E-state index in [2.05, 4.69) is 37.2 Å². The molecule has 2 aliphatic rings. The third-order valence-corrected chi connectivity index (χ3v) is 8.75. The van der Waals surface area contributed by atoms with Crippen LogP contribution in [-0.4, -0.2) is 103 Å². The lowest BCUT2D eigenvalue weighted by Crippen LogP contribution is -2.43. The summed E-state index contributed by atoms with van der Waals surface area (Å²) in [7, 11) is 1.55. The number of urea groups is 1. The molecule has 0 radical (unpaired) electrons. The van der Waals surface area contributed by atoms with Crippen LogP contribution in [0, 0.1) is 0 Å². The van der Waals surface area contributed by atoms with Gasteiger partial charge in [0.2, 0.25) is 17.7 Å². The van der Waals surface area contributed by atoms with Crippen LogP contribution in [0.1, 0.15) is 49.4 Å². The molecule has 2 aliphatic heterocycles. The third kappa shape index (κ3) is 11.5. The molecule has 3 atom stereocenters. The van der Waals surface area contributed by atoms with E-state index in [9.17, 15) is 24.0 Å². The van der Waals surface area contributed by atoms with Crippen molar-refractivity contribution in [2.45, 2.75) is 56.4 Å². The van der Waals surface area contributed by atoms with E-state index >= 15 is 0 Å². The molecule has 0 aromatic heterocycles. The molecule has 15 heteroatoms. The first-order chi connectivity index (χ1) is 20.7. The Bertz CT molecular complexity index is 1150. The number of nitrogens with zero attached hydrogens (tertiary/aromatic N) is 1. The van der Waals surface area contributed by atoms with Gasteiger partial charge in [0.05, 0.1) is 25.2 Å². The summed E-state index contributed by atoms with van der Waals surface area (Å²) in [6, 6.07) is 6.98. The summed E-state index contributed by atoms with van der Waals surface area (Å²) in [5.41, 5.74) is 1.09. The maximum Gasteiger partial charge on any atom is 0.315 e. The van der Waals surface area contributed by atoms with E-state index in [0.717, 1.165) is 31.4 Å². The molecule has 0 aliphatic carbocycles. The van der Waals surface area contributed by atoms with Gasteiger partial charge in [0.1, 0.15) is 0 Å². The van der Waals surface area contributed by atoms with E-state index in [1.807, 2.05) is 18.7 Å². The monoisotopic (exact) mass is 634 g/mol. The van der Waals surface area contributed by atoms with Crippen molar-refractivity contribution in [1.29, 1.82) is 0 Å². The van der Waals surface area contributed by atoms with E-state index in [1.165, 1.54) is 4.90 Å². The SMILES string of the molecule is CCCNC(=O)CN(C)C(=O)CNC(=S)Nc1ccc(C(=O)NCCNC(=O)CCCC[C@@H]2SC[C@@H]3NC(=O)N[C@@H]32)cc1. The Morgan fingerprint density at radius 3 is 2.44 bits per heavy atom. The Balaban J connectivity index is 1.24. The number of rotatable bonds is 16. The Labute approximate surface area is 261 Å². The van der Waals surface area contributed by atoms with Crippen molar-refractivity contribution in [1.82, 2.24) is 36.8 Å². The first-order valence-corrected chi connectivity index (χ1v) is 16.0. The highest BCUT2D eigenvalue weighted by atomic mass is 32.2. The van der Waals surface area contributed by atoms with Gasteiger partial charge in [0.15, 0.2) is 5.11 Å². The number of carbonyl (C=O) groups is 5. The first-order valence-electron chi connectivity index (χ1n) is 14.6. The summed E-state index contributed by atoms with van der Waals surface area (Å²) < 4.78 is 0. The second-order valence-corrected chi connectivity index (χ2v) is 12.1. The molecule has 1 aromatic rings. The lowest BCUT2D eigenvalue weighted by Gasteiger charge is -2.18. The number of thiocarbonyl (C=S) groups is 1. The van der Waals surface area contributed by atoms with Crippen LogP contribution in [-0.2, 0) is 14.4 Å². The molecule has 236 valence electrons. The smallest absolute Gasteiger partial charge is 0.315 e. The molecular formula is C28H42N8O5S2. The molecule has 0 saturated carbocycles. The number of thioether (sulfide) groups is 1. The molecule has 0 unspecified atom stereocenters. The van der Waals surface area contributed by atoms with Gasteiger partial charge in [0.25, 0.3) is 5.91 Å². The minimum absolute atomic E-state index is 0.0287. The van der Waals surface area contributed by atoms with E-state index in [-0.39, 0.29) is 59.9 Å². The molecule has 43 heavy (non-hydrogen) atoms. The lowest BCUT2D eigenvalue weighted by atomic mass is 10.0. The van der Waals surface area contributed by atoms with Gasteiger partial charge in [-0.05, 0) is 55.7 Å². The molecule has 6 amide bonds. The number of amides is 6. The van der Waals surface area contributed by atoms with Crippen LogP contribution in [0.25, 0.3) is 0 Å². The zero-order chi connectivity index (χ0) is 31.2. The number of hydrogen-bond donors (Lipinski definition) is 7. The summed E-state index contributed by atoms with van der Waals surface area (Å²) in [6.07, 6.45) is 3.91. The van der Waals surface area contributed by atoms with Crippen molar-refractivity contribution in [3.63, 3.8) is 0 Å². The van der Waals surface area contributed by atoms with Crippen molar-refractivity contribution in [3.05, 3.63) is 29.8 Å². The molecule has 3 rings (SSSR count). The van der Waals surface area contributed by atoms with Crippen LogP contribution in [0.5, 0.6) is 0 Å². The molecule has 2 fully saturated rings. The number of unbranched alkanes of at least 4 members (excludes halogenated alkanes) is 1. The highest BCUT2D eigenvalue weighted by molar-refractivity contribution is 8.00. The average molecular weight is 635 g/mol. The van der Waals surface area contributed by atoms with Gasteiger partial charge in [0, 0.05) is 55.4 Å². The minimum Gasteiger partial charge on any atom is -0.355 e. The average Bonchev–Trinajstić information content (AvgIpc) is 3.54. The highest BCUT2D eigenvalue weighted by Crippen LogP contribution is 2.33. The Morgan fingerprint density at radius 2 is 1.70 bits per heavy atom. The molecule has 2 saturated heterocycles. The summed E-state index contributed by atoms with van der Waals surface area (Å²) >= 11 is 7.11. The van der Waals surface area contributed by atoms with Crippen LogP contribution in [0.3, 0.4) is 0 Å². The molecule has 0 bridgehead atoms. The molecule has 13 nitrogen and oxygen atoms in total. The number of hydrogen-bond acceptors (Lipinski definition) is 7. The number of fused-ring (bicyclic) bond motifs is 1. The Hall–Kier alpha value is -3.59. The number of anilines is 1. The van der Waals surface area contributed by atoms with Gasteiger partial charge < -0.3 is 42.1 Å². The van der Waals surface area contributed by atoms with E-state index in [1.54, 1.807) is 31.3 Å². The van der Waals surface area contributed by atoms with Crippen molar-refractivity contribution in [2.75, 3.05) is 50.8 Å². The van der Waals surface area contributed by atoms with Gasteiger partial charge in [-0.25, -0.2) is 4.79 Å². The largest absolute Gasteiger partial charge is 0.355 e. The topological polar surface area (TPSA) is 173 Å². The fraction of sp³-hybridized carbons (Fsp3) is 0.571. The quantitative estimate of drug-likeness (QED) is 0.0778. The number of nitrogens with one attached hydrogen (secondary N) is 7. The maximum atomic E-state index is 12.4. The number of carbonyl (C=O) groups excluding carboxylic acids is 5. The standard InChI is InChI=1S/C28H42N8O5S2/c1-3-12-29-23(38)16-36(2)24(39)15-32-28(42)33-19-10-8-18(9-11-19)26(40)31-14-13-30-22(37)7-5-4-6-21-25-20(17-43-21)34-27(41)35-25/h8-11,20-21,25H,3-7,12-17H2,1-2H3,(H,29,38)(H,30,37)(H,31,40)(H2,32,33,42)(H2,34,35,41)/t20-,21-,25-/m0/s1. The normalized spacial score (nSPS) is 18.5. The summed E-state index contributed by atoms with van der Waals surface area (Å²) in [5, 5.41) is 20.6. The van der Waals surface area contributed by atoms with Crippen molar-refractivity contribution >= 4 is 64.4 Å². The third-order valence-electron chi connectivity index (χ3n) is 7.00. The van der Waals surface area contributed by atoms with Gasteiger partial charge in [-0.3, -0.25) is 19.2 Å². The summed E-state index contributed by atoms with van der Waals surface area (Å²) in [5.74, 6) is 0.116. The fourth-order valence-electron chi connectivity index (χ4n) is 4.64. The predicted octanol–water partition coefficient (Wildman–Crippen LogP) is 0.529. The number of likely N-dealkylation sites (N-methyl/N-ethyl adjacent to an activating group) is 1. The van der Waals surface area contributed by atoms with E-state index in [4.69, 9.17) is 12.2 Å².